The van der Waals surface area contributed by atoms with Crippen molar-refractivity contribution in [1.29, 1.82) is 0 Å². The van der Waals surface area contributed by atoms with Gasteiger partial charge in [-0.25, -0.2) is 0 Å². The summed E-state index contributed by atoms with van der Waals surface area (Å²) in [5.74, 6) is 0. The predicted molar refractivity (Wildman–Crippen MR) is 111 cm³/mol. The minimum atomic E-state index is 0.384. The minimum Gasteiger partial charge on any atom is -0.356 e. The van der Waals surface area contributed by atoms with Crippen LogP contribution < -0.4 is 15.5 Å². The number of aryl methyl sites for hydroxylation is 2. The fourth-order valence-electron chi connectivity index (χ4n) is 3.16. The quantitative estimate of drug-likeness (QED) is 0.665. The van der Waals surface area contributed by atoms with E-state index >= 15 is 0 Å². The fraction of sp³-hybridized carbons (Fsp3) is 0.381. The Labute approximate surface area is 157 Å². The number of nitrogens with one attached hydrogen (secondary N) is 3. The van der Waals surface area contributed by atoms with E-state index in [0.717, 1.165) is 25.3 Å². The second kappa shape index (κ2) is 9.54. The number of anilines is 1. The first-order chi connectivity index (χ1) is 12.0. The van der Waals surface area contributed by atoms with E-state index in [-0.39, 0.29) is 0 Å². The van der Waals surface area contributed by atoms with Crippen molar-refractivity contribution in [2.75, 3.05) is 25.0 Å². The smallest absolute Gasteiger partial charge is 0.171 e. The number of rotatable bonds is 7. The maximum atomic E-state index is 5.53. The van der Waals surface area contributed by atoms with Crippen LogP contribution in [0.2, 0.25) is 0 Å². The van der Waals surface area contributed by atoms with Gasteiger partial charge in [-0.2, -0.15) is 0 Å². The summed E-state index contributed by atoms with van der Waals surface area (Å²) in [4.78, 5) is 1.55. The molecule has 0 radical (unpaired) electrons. The van der Waals surface area contributed by atoms with E-state index in [1.165, 1.54) is 16.7 Å². The van der Waals surface area contributed by atoms with Gasteiger partial charge in [0.05, 0.1) is 19.6 Å². The topological polar surface area (TPSA) is 28.5 Å². The lowest BCUT2D eigenvalue weighted by atomic mass is 10.1. The molecule has 2 aromatic carbocycles. The molecule has 0 spiro atoms. The van der Waals surface area contributed by atoms with Crippen LogP contribution in [-0.2, 0) is 0 Å². The van der Waals surface area contributed by atoms with Gasteiger partial charge in [-0.15, -0.1) is 0 Å². The van der Waals surface area contributed by atoms with E-state index in [1.54, 1.807) is 4.90 Å². The zero-order valence-electron chi connectivity index (χ0n) is 15.7. The number of hydrogen-bond donors (Lipinski definition) is 3. The molecule has 0 fully saturated rings. The van der Waals surface area contributed by atoms with E-state index in [0.29, 0.717) is 11.2 Å². The highest BCUT2D eigenvalue weighted by molar-refractivity contribution is 7.80. The summed E-state index contributed by atoms with van der Waals surface area (Å²) in [7, 11) is 0. The van der Waals surface area contributed by atoms with Crippen molar-refractivity contribution in [3.8, 4) is 0 Å². The standard InChI is InChI=1S/C21H29N3S/c1-5-24(6-2)20(18-10-8-7-9-11-18)15-22-21(25)23-19-14-16(3)12-13-17(19)4/h7-14,20H,5-6,15H2,1-4H3,(H2,22,23,25)/p+1/t20-/m0/s1. The van der Waals surface area contributed by atoms with E-state index < -0.39 is 0 Å². The Balaban J connectivity index is 2.04. The molecule has 0 aromatic heterocycles. The first-order valence-corrected chi connectivity index (χ1v) is 9.47. The van der Waals surface area contributed by atoms with Gasteiger partial charge in [-0.1, -0.05) is 42.5 Å². The molecule has 2 rings (SSSR count). The minimum absolute atomic E-state index is 0.384. The van der Waals surface area contributed by atoms with Crippen molar-refractivity contribution in [2.45, 2.75) is 33.7 Å². The Morgan fingerprint density at radius 3 is 2.36 bits per heavy atom. The number of hydrogen-bond acceptors (Lipinski definition) is 1. The Kier molecular flexibility index (Phi) is 7.41. The molecule has 25 heavy (non-hydrogen) atoms. The highest BCUT2D eigenvalue weighted by Gasteiger charge is 2.21. The van der Waals surface area contributed by atoms with Crippen LogP contribution in [0.5, 0.6) is 0 Å². The van der Waals surface area contributed by atoms with Crippen LogP contribution in [0.25, 0.3) is 0 Å². The van der Waals surface area contributed by atoms with Gasteiger partial charge >= 0.3 is 0 Å². The van der Waals surface area contributed by atoms with Crippen LogP contribution in [0.4, 0.5) is 5.69 Å². The van der Waals surface area contributed by atoms with Crippen molar-refractivity contribution in [3.05, 3.63) is 65.2 Å². The molecule has 0 aliphatic heterocycles. The molecule has 0 aliphatic rings. The SMILES string of the molecule is CC[NH+](CC)[C@@H](CNC(=S)Nc1cc(C)ccc1C)c1ccccc1. The lowest BCUT2D eigenvalue weighted by Gasteiger charge is -2.28. The first-order valence-electron chi connectivity index (χ1n) is 9.06. The van der Waals surface area contributed by atoms with Gasteiger partial charge in [0.1, 0.15) is 6.04 Å². The molecule has 134 valence electrons. The van der Waals surface area contributed by atoms with E-state index in [9.17, 15) is 0 Å². The Bertz CT molecular complexity index is 681. The lowest BCUT2D eigenvalue weighted by Crippen LogP contribution is -3.12. The van der Waals surface area contributed by atoms with E-state index in [1.807, 2.05) is 0 Å². The summed E-state index contributed by atoms with van der Waals surface area (Å²) in [5.41, 5.74) is 4.85. The molecule has 0 aliphatic carbocycles. The van der Waals surface area contributed by atoms with Crippen molar-refractivity contribution in [1.82, 2.24) is 5.32 Å². The molecular formula is C21H30N3S+. The summed E-state index contributed by atoms with van der Waals surface area (Å²) in [6, 6.07) is 17.5. The highest BCUT2D eigenvalue weighted by atomic mass is 32.1. The van der Waals surface area contributed by atoms with Crippen LogP contribution in [0.15, 0.2) is 48.5 Å². The second-order valence-electron chi connectivity index (χ2n) is 6.48. The van der Waals surface area contributed by atoms with Crippen LogP contribution in [0.3, 0.4) is 0 Å². The molecule has 0 heterocycles. The van der Waals surface area contributed by atoms with Crippen molar-refractivity contribution in [2.24, 2.45) is 0 Å². The predicted octanol–water partition coefficient (Wildman–Crippen LogP) is 3.26. The summed E-state index contributed by atoms with van der Waals surface area (Å²) in [6.07, 6.45) is 0. The summed E-state index contributed by atoms with van der Waals surface area (Å²) in [6.45, 7) is 11.7. The zero-order chi connectivity index (χ0) is 18.2. The molecule has 1 atom stereocenters. The maximum Gasteiger partial charge on any atom is 0.171 e. The number of thiocarbonyl (C=S) groups is 1. The van der Waals surface area contributed by atoms with Crippen LogP contribution >= 0.6 is 12.2 Å². The summed E-state index contributed by atoms with van der Waals surface area (Å²) < 4.78 is 0. The van der Waals surface area contributed by atoms with Crippen LogP contribution in [0.1, 0.15) is 36.6 Å². The molecule has 0 saturated heterocycles. The van der Waals surface area contributed by atoms with Gasteiger partial charge in [0.15, 0.2) is 5.11 Å². The Morgan fingerprint density at radius 1 is 1.04 bits per heavy atom. The van der Waals surface area contributed by atoms with E-state index in [4.69, 9.17) is 12.2 Å². The average molecular weight is 357 g/mol. The monoisotopic (exact) mass is 356 g/mol. The number of quaternary nitrogens is 1. The Morgan fingerprint density at radius 2 is 1.72 bits per heavy atom. The third kappa shape index (κ3) is 5.55. The molecule has 3 N–H and O–H groups in total. The third-order valence-electron chi connectivity index (χ3n) is 4.71. The third-order valence-corrected chi connectivity index (χ3v) is 4.96. The average Bonchev–Trinajstić information content (AvgIpc) is 2.62. The maximum absolute atomic E-state index is 5.53. The largest absolute Gasteiger partial charge is 0.356 e. The van der Waals surface area contributed by atoms with E-state index in [2.05, 4.69) is 86.9 Å². The van der Waals surface area contributed by atoms with Gasteiger partial charge in [0.25, 0.3) is 0 Å². The molecule has 0 unspecified atom stereocenters. The van der Waals surface area contributed by atoms with Gasteiger partial charge in [-0.05, 0) is 57.1 Å². The van der Waals surface area contributed by atoms with Crippen LogP contribution in [0, 0.1) is 13.8 Å². The van der Waals surface area contributed by atoms with Crippen molar-refractivity contribution in [3.63, 3.8) is 0 Å². The Hall–Kier alpha value is -1.91. The molecule has 0 bridgehead atoms. The van der Waals surface area contributed by atoms with Crippen molar-refractivity contribution >= 4 is 23.0 Å². The molecule has 3 nitrogen and oxygen atoms in total. The van der Waals surface area contributed by atoms with Gasteiger partial charge in [0, 0.05) is 11.3 Å². The first kappa shape index (κ1) is 19.4. The summed E-state index contributed by atoms with van der Waals surface area (Å²) >= 11 is 5.53. The lowest BCUT2D eigenvalue weighted by molar-refractivity contribution is -0.927. The highest BCUT2D eigenvalue weighted by Crippen LogP contribution is 2.16. The fourth-order valence-corrected chi connectivity index (χ4v) is 3.35. The van der Waals surface area contributed by atoms with Crippen LogP contribution in [-0.4, -0.2) is 24.7 Å². The molecule has 2 aromatic rings. The molecule has 4 heteroatoms. The van der Waals surface area contributed by atoms with Gasteiger partial charge in [0.2, 0.25) is 0 Å². The second-order valence-corrected chi connectivity index (χ2v) is 6.89. The zero-order valence-corrected chi connectivity index (χ0v) is 16.5. The van der Waals surface area contributed by atoms with Gasteiger partial charge < -0.3 is 15.5 Å². The molecule has 0 saturated carbocycles. The number of likely N-dealkylation sites (N-methyl/N-ethyl adjacent to an activating group) is 1. The molecular weight excluding hydrogens is 326 g/mol. The van der Waals surface area contributed by atoms with Crippen molar-refractivity contribution < 1.29 is 4.90 Å². The summed E-state index contributed by atoms with van der Waals surface area (Å²) in [5, 5.41) is 7.45. The normalized spacial score (nSPS) is 12.0. The molecule has 0 amide bonds. The van der Waals surface area contributed by atoms with Gasteiger partial charge in [-0.3, -0.25) is 0 Å². The number of benzene rings is 2.